The summed E-state index contributed by atoms with van der Waals surface area (Å²) >= 11 is 0. The third kappa shape index (κ3) is 3.32. The van der Waals surface area contributed by atoms with Crippen LogP contribution in [0, 0.1) is 0 Å². The van der Waals surface area contributed by atoms with Crippen LogP contribution in [0.4, 0.5) is 0 Å². The van der Waals surface area contributed by atoms with Crippen molar-refractivity contribution in [3.05, 3.63) is 17.5 Å². The van der Waals surface area contributed by atoms with Gasteiger partial charge in [0.25, 0.3) is 0 Å². The van der Waals surface area contributed by atoms with E-state index in [0.717, 1.165) is 19.4 Å². The molecule has 0 bridgehead atoms. The number of hydrogen-bond donors (Lipinski definition) is 1. The third-order valence-electron chi connectivity index (χ3n) is 5.26. The van der Waals surface area contributed by atoms with Crippen LogP contribution in [0.1, 0.15) is 50.9 Å². The van der Waals surface area contributed by atoms with Crippen molar-refractivity contribution in [3.63, 3.8) is 0 Å². The van der Waals surface area contributed by atoms with E-state index in [1.54, 1.807) is 0 Å². The molecular formula is C17H32N4. The van der Waals surface area contributed by atoms with Crippen molar-refractivity contribution in [3.8, 4) is 0 Å². The molecule has 1 aliphatic carbocycles. The van der Waals surface area contributed by atoms with Gasteiger partial charge in [-0.1, -0.05) is 26.7 Å². The Morgan fingerprint density at radius 3 is 2.48 bits per heavy atom. The normalized spacial score (nSPS) is 19.3. The monoisotopic (exact) mass is 292 g/mol. The van der Waals surface area contributed by atoms with Crippen LogP contribution < -0.4 is 5.32 Å². The summed E-state index contributed by atoms with van der Waals surface area (Å²) in [6.07, 6.45) is 7.39. The first-order valence-electron chi connectivity index (χ1n) is 8.46. The van der Waals surface area contributed by atoms with Gasteiger partial charge in [-0.3, -0.25) is 4.68 Å². The standard InChI is InChI=1S/C17H32N4/c1-6-14-12-15(21(5)19-14)13-16(18-7-2)17(20(3)4)10-8-9-11-17/h12,16,18H,6-11,13H2,1-5H3. The molecule has 1 aromatic heterocycles. The van der Waals surface area contributed by atoms with Crippen LogP contribution in [0.5, 0.6) is 0 Å². The van der Waals surface area contributed by atoms with E-state index in [0.29, 0.717) is 11.6 Å². The fraction of sp³-hybridized carbons (Fsp3) is 0.824. The Hall–Kier alpha value is -0.870. The molecule has 1 fully saturated rings. The number of nitrogens with zero attached hydrogens (tertiary/aromatic N) is 3. The van der Waals surface area contributed by atoms with Gasteiger partial charge >= 0.3 is 0 Å². The Kier molecular flexibility index (Phi) is 5.44. The highest BCUT2D eigenvalue weighted by Crippen LogP contribution is 2.37. The Balaban J connectivity index is 2.23. The molecule has 1 atom stereocenters. The second kappa shape index (κ2) is 6.93. The Labute approximate surface area is 129 Å². The molecule has 0 radical (unpaired) electrons. The van der Waals surface area contributed by atoms with Crippen molar-refractivity contribution in [1.82, 2.24) is 20.0 Å². The first-order chi connectivity index (χ1) is 10.0. The summed E-state index contributed by atoms with van der Waals surface area (Å²) in [6.45, 7) is 5.41. The van der Waals surface area contributed by atoms with Crippen molar-refractivity contribution < 1.29 is 0 Å². The summed E-state index contributed by atoms with van der Waals surface area (Å²) in [5.41, 5.74) is 2.85. The minimum Gasteiger partial charge on any atom is -0.312 e. The highest BCUT2D eigenvalue weighted by atomic mass is 15.3. The van der Waals surface area contributed by atoms with Crippen molar-refractivity contribution in [1.29, 1.82) is 0 Å². The van der Waals surface area contributed by atoms with Gasteiger partial charge in [0.2, 0.25) is 0 Å². The predicted molar refractivity (Wildman–Crippen MR) is 88.6 cm³/mol. The van der Waals surface area contributed by atoms with E-state index in [1.807, 2.05) is 0 Å². The van der Waals surface area contributed by atoms with Gasteiger partial charge in [-0.2, -0.15) is 5.10 Å². The molecule has 4 heteroatoms. The van der Waals surface area contributed by atoms with Crippen molar-refractivity contribution in [2.75, 3.05) is 20.6 Å². The van der Waals surface area contributed by atoms with Crippen LogP contribution in [-0.4, -0.2) is 46.9 Å². The van der Waals surface area contributed by atoms with Crippen LogP contribution >= 0.6 is 0 Å². The van der Waals surface area contributed by atoms with Gasteiger partial charge in [-0.25, -0.2) is 0 Å². The van der Waals surface area contributed by atoms with Gasteiger partial charge in [-0.05, 0) is 46.0 Å². The largest absolute Gasteiger partial charge is 0.312 e. The van der Waals surface area contributed by atoms with E-state index in [1.165, 1.54) is 37.1 Å². The van der Waals surface area contributed by atoms with Gasteiger partial charge in [0.15, 0.2) is 0 Å². The van der Waals surface area contributed by atoms with Crippen molar-refractivity contribution in [2.45, 2.75) is 64.0 Å². The Morgan fingerprint density at radius 1 is 1.33 bits per heavy atom. The zero-order valence-corrected chi connectivity index (χ0v) is 14.4. The molecule has 1 aliphatic rings. The molecular weight excluding hydrogens is 260 g/mol. The maximum Gasteiger partial charge on any atom is 0.0624 e. The van der Waals surface area contributed by atoms with E-state index in [2.05, 4.69) is 61.1 Å². The SMILES string of the molecule is CCNC(Cc1cc(CC)nn1C)C1(N(C)C)CCCC1. The maximum absolute atomic E-state index is 4.61. The minimum atomic E-state index is 0.298. The van der Waals surface area contributed by atoms with E-state index >= 15 is 0 Å². The molecule has 0 amide bonds. The second-order valence-corrected chi connectivity index (χ2v) is 6.62. The van der Waals surface area contributed by atoms with Gasteiger partial charge in [0, 0.05) is 30.7 Å². The number of aromatic nitrogens is 2. The lowest BCUT2D eigenvalue weighted by Crippen LogP contribution is -2.58. The fourth-order valence-electron chi connectivity index (χ4n) is 3.94. The van der Waals surface area contributed by atoms with E-state index in [4.69, 9.17) is 0 Å². The van der Waals surface area contributed by atoms with Gasteiger partial charge in [0.05, 0.1) is 5.69 Å². The predicted octanol–water partition coefficient (Wildman–Crippen LogP) is 2.38. The summed E-state index contributed by atoms with van der Waals surface area (Å²) in [4.78, 5) is 2.46. The number of likely N-dealkylation sites (N-methyl/N-ethyl adjacent to an activating group) is 2. The van der Waals surface area contributed by atoms with E-state index in [-0.39, 0.29) is 0 Å². The molecule has 1 heterocycles. The highest BCUT2D eigenvalue weighted by Gasteiger charge is 2.43. The first-order valence-corrected chi connectivity index (χ1v) is 8.46. The average Bonchev–Trinajstić information content (AvgIpc) is 3.06. The Morgan fingerprint density at radius 2 is 2.00 bits per heavy atom. The quantitative estimate of drug-likeness (QED) is 0.837. The lowest BCUT2D eigenvalue weighted by molar-refractivity contribution is 0.104. The zero-order chi connectivity index (χ0) is 15.5. The molecule has 0 saturated heterocycles. The van der Waals surface area contributed by atoms with Crippen LogP contribution in [0.3, 0.4) is 0 Å². The van der Waals surface area contributed by atoms with Crippen molar-refractivity contribution in [2.24, 2.45) is 7.05 Å². The molecule has 1 saturated carbocycles. The van der Waals surface area contributed by atoms with Gasteiger partial charge < -0.3 is 10.2 Å². The molecule has 1 N–H and O–H groups in total. The fourth-order valence-corrected chi connectivity index (χ4v) is 3.94. The Bertz CT molecular complexity index is 444. The van der Waals surface area contributed by atoms with E-state index < -0.39 is 0 Å². The minimum absolute atomic E-state index is 0.298. The highest BCUT2D eigenvalue weighted by molar-refractivity contribution is 5.15. The first kappa shape index (κ1) is 16.5. The molecule has 120 valence electrons. The van der Waals surface area contributed by atoms with Gasteiger partial charge in [0.1, 0.15) is 0 Å². The zero-order valence-electron chi connectivity index (χ0n) is 14.4. The lowest BCUT2D eigenvalue weighted by Gasteiger charge is -2.43. The molecule has 4 nitrogen and oxygen atoms in total. The molecule has 0 aromatic carbocycles. The maximum atomic E-state index is 4.61. The van der Waals surface area contributed by atoms with Crippen molar-refractivity contribution >= 4 is 0 Å². The molecule has 0 spiro atoms. The number of nitrogens with one attached hydrogen (secondary N) is 1. The summed E-state index contributed by atoms with van der Waals surface area (Å²) in [5, 5.41) is 8.38. The van der Waals surface area contributed by atoms with Crippen LogP contribution in [0.15, 0.2) is 6.07 Å². The third-order valence-corrected chi connectivity index (χ3v) is 5.26. The summed E-state index contributed by atoms with van der Waals surface area (Å²) in [6, 6.07) is 2.78. The van der Waals surface area contributed by atoms with Crippen LogP contribution in [0.25, 0.3) is 0 Å². The molecule has 21 heavy (non-hydrogen) atoms. The summed E-state index contributed by atoms with van der Waals surface area (Å²) in [7, 11) is 6.57. The topological polar surface area (TPSA) is 33.1 Å². The molecule has 1 aromatic rings. The van der Waals surface area contributed by atoms with E-state index in [9.17, 15) is 0 Å². The average molecular weight is 292 g/mol. The van der Waals surface area contributed by atoms with Gasteiger partial charge in [-0.15, -0.1) is 0 Å². The van der Waals surface area contributed by atoms with Crippen LogP contribution in [-0.2, 0) is 19.9 Å². The molecule has 1 unspecified atom stereocenters. The second-order valence-electron chi connectivity index (χ2n) is 6.62. The number of hydrogen-bond acceptors (Lipinski definition) is 3. The molecule has 0 aliphatic heterocycles. The summed E-state index contributed by atoms with van der Waals surface area (Å²) in [5.74, 6) is 0. The number of rotatable bonds is 7. The number of aryl methyl sites for hydroxylation is 2. The smallest absolute Gasteiger partial charge is 0.0624 e. The molecule has 2 rings (SSSR count). The summed E-state index contributed by atoms with van der Waals surface area (Å²) < 4.78 is 2.07. The lowest BCUT2D eigenvalue weighted by atomic mass is 9.84. The van der Waals surface area contributed by atoms with Crippen LogP contribution in [0.2, 0.25) is 0 Å².